The van der Waals surface area contributed by atoms with E-state index in [0.717, 1.165) is 11.1 Å². The minimum atomic E-state index is -0.462. The van der Waals surface area contributed by atoms with Crippen molar-refractivity contribution < 1.29 is 9.53 Å². The predicted molar refractivity (Wildman–Crippen MR) is 96.6 cm³/mol. The third kappa shape index (κ3) is 5.81. The van der Waals surface area contributed by atoms with Crippen LogP contribution in [0.25, 0.3) is 0 Å². The van der Waals surface area contributed by atoms with Crippen LogP contribution in [0.15, 0.2) is 54.6 Å². The van der Waals surface area contributed by atoms with Crippen molar-refractivity contribution in [2.45, 2.75) is 32.8 Å². The first-order chi connectivity index (χ1) is 11.4. The van der Waals surface area contributed by atoms with Gasteiger partial charge in [-0.2, -0.15) is 0 Å². The van der Waals surface area contributed by atoms with Crippen LogP contribution in [0.1, 0.15) is 37.5 Å². The number of benzene rings is 2. The highest BCUT2D eigenvalue weighted by atomic mass is 16.5. The molecule has 0 spiro atoms. The lowest BCUT2D eigenvalue weighted by atomic mass is 9.87. The standard InChI is InChI=1S/C21H23NO2/c1-21(2,3)19-13-11-17(12-14-19)10-7-15-22-20(23)24-16-18-8-5-4-6-9-18/h4-6,8-9,11-14H,15-16H2,1-3H3,(H,22,23). The van der Waals surface area contributed by atoms with Gasteiger partial charge in [0.2, 0.25) is 0 Å². The molecule has 2 aromatic rings. The Morgan fingerprint density at radius 2 is 1.71 bits per heavy atom. The molecule has 124 valence electrons. The van der Waals surface area contributed by atoms with Gasteiger partial charge in [-0.05, 0) is 28.7 Å². The molecule has 0 aliphatic heterocycles. The monoisotopic (exact) mass is 321 g/mol. The lowest BCUT2D eigenvalue weighted by Crippen LogP contribution is -2.24. The fraction of sp³-hybridized carbons (Fsp3) is 0.286. The summed E-state index contributed by atoms with van der Waals surface area (Å²) in [5.74, 6) is 5.96. The number of ether oxygens (including phenoxy) is 1. The molecule has 3 heteroatoms. The highest BCUT2D eigenvalue weighted by Crippen LogP contribution is 2.21. The Hall–Kier alpha value is -2.73. The van der Waals surface area contributed by atoms with Crippen LogP contribution in [0.4, 0.5) is 4.79 Å². The number of carbonyl (C=O) groups is 1. The topological polar surface area (TPSA) is 38.3 Å². The predicted octanol–water partition coefficient (Wildman–Crippen LogP) is 4.26. The van der Waals surface area contributed by atoms with Crippen molar-refractivity contribution >= 4 is 6.09 Å². The van der Waals surface area contributed by atoms with Crippen molar-refractivity contribution in [2.24, 2.45) is 0 Å². The first-order valence-corrected chi connectivity index (χ1v) is 7.99. The summed E-state index contributed by atoms with van der Waals surface area (Å²) in [5.41, 5.74) is 3.30. The SMILES string of the molecule is CC(C)(C)c1ccc(C#CCNC(=O)OCc2ccccc2)cc1. The maximum atomic E-state index is 11.6. The van der Waals surface area contributed by atoms with Gasteiger partial charge in [-0.15, -0.1) is 0 Å². The number of carbonyl (C=O) groups excluding carboxylic acids is 1. The van der Waals surface area contributed by atoms with Gasteiger partial charge in [0, 0.05) is 5.56 Å². The average Bonchev–Trinajstić information content (AvgIpc) is 2.57. The molecule has 0 atom stereocenters. The third-order valence-corrected chi connectivity index (χ3v) is 3.52. The van der Waals surface area contributed by atoms with Crippen molar-refractivity contribution in [2.75, 3.05) is 6.54 Å². The Morgan fingerprint density at radius 1 is 1.04 bits per heavy atom. The zero-order chi connectivity index (χ0) is 17.4. The summed E-state index contributed by atoms with van der Waals surface area (Å²) in [5, 5.41) is 2.62. The summed E-state index contributed by atoms with van der Waals surface area (Å²) in [4.78, 5) is 11.6. The minimum Gasteiger partial charge on any atom is -0.445 e. The average molecular weight is 321 g/mol. The van der Waals surface area contributed by atoms with E-state index in [-0.39, 0.29) is 18.6 Å². The van der Waals surface area contributed by atoms with Crippen LogP contribution in [0.5, 0.6) is 0 Å². The van der Waals surface area contributed by atoms with E-state index in [4.69, 9.17) is 4.74 Å². The van der Waals surface area contributed by atoms with Crippen molar-refractivity contribution in [1.82, 2.24) is 5.32 Å². The molecule has 1 N–H and O–H groups in total. The van der Waals surface area contributed by atoms with Gasteiger partial charge < -0.3 is 10.1 Å². The van der Waals surface area contributed by atoms with Gasteiger partial charge in [-0.25, -0.2) is 4.79 Å². The smallest absolute Gasteiger partial charge is 0.408 e. The second-order valence-corrected chi connectivity index (χ2v) is 6.54. The highest BCUT2D eigenvalue weighted by Gasteiger charge is 2.12. The minimum absolute atomic E-state index is 0.135. The molecule has 2 rings (SSSR count). The maximum Gasteiger partial charge on any atom is 0.408 e. The largest absolute Gasteiger partial charge is 0.445 e. The van der Waals surface area contributed by atoms with Gasteiger partial charge in [-0.3, -0.25) is 0 Å². The van der Waals surface area contributed by atoms with Gasteiger partial charge in [0.1, 0.15) is 6.61 Å². The van der Waals surface area contributed by atoms with Crippen LogP contribution >= 0.6 is 0 Å². The van der Waals surface area contributed by atoms with Crippen LogP contribution in [0.3, 0.4) is 0 Å². The van der Waals surface area contributed by atoms with Crippen molar-refractivity contribution in [3.05, 3.63) is 71.3 Å². The van der Waals surface area contributed by atoms with Crippen molar-refractivity contribution in [3.63, 3.8) is 0 Å². The van der Waals surface area contributed by atoms with Crippen LogP contribution in [0, 0.1) is 11.8 Å². The number of alkyl carbamates (subject to hydrolysis) is 1. The lowest BCUT2D eigenvalue weighted by molar-refractivity contribution is 0.141. The quantitative estimate of drug-likeness (QED) is 0.858. The summed E-state index contributed by atoms with van der Waals surface area (Å²) in [6.45, 7) is 7.05. The van der Waals surface area contributed by atoms with E-state index in [1.807, 2.05) is 42.5 Å². The molecule has 0 heterocycles. The molecule has 0 bridgehead atoms. The summed E-state index contributed by atoms with van der Waals surface area (Å²) in [6.07, 6.45) is -0.462. The maximum absolute atomic E-state index is 11.6. The number of hydrogen-bond donors (Lipinski definition) is 1. The Kier molecular flexibility index (Phi) is 6.03. The van der Waals surface area contributed by atoms with Crippen LogP contribution in [-0.4, -0.2) is 12.6 Å². The first-order valence-electron chi connectivity index (χ1n) is 7.99. The first kappa shape index (κ1) is 17.6. The van der Waals surface area contributed by atoms with E-state index < -0.39 is 6.09 Å². The summed E-state index contributed by atoms with van der Waals surface area (Å²) in [7, 11) is 0. The van der Waals surface area contributed by atoms with Crippen molar-refractivity contribution in [1.29, 1.82) is 0 Å². The van der Waals surface area contributed by atoms with Gasteiger partial charge >= 0.3 is 6.09 Å². The Labute approximate surface area is 144 Å². The molecular formula is C21H23NO2. The Morgan fingerprint density at radius 3 is 2.33 bits per heavy atom. The Bertz CT molecular complexity index is 716. The van der Waals surface area contributed by atoms with E-state index in [1.54, 1.807) is 0 Å². The van der Waals surface area contributed by atoms with Gasteiger partial charge in [0.05, 0.1) is 6.54 Å². The second-order valence-electron chi connectivity index (χ2n) is 6.54. The zero-order valence-electron chi connectivity index (χ0n) is 14.4. The molecular weight excluding hydrogens is 298 g/mol. The van der Waals surface area contributed by atoms with Crippen LogP contribution in [0.2, 0.25) is 0 Å². The second kappa shape index (κ2) is 8.21. The fourth-order valence-corrected chi connectivity index (χ4v) is 2.09. The molecule has 0 aliphatic carbocycles. The summed E-state index contributed by atoms with van der Waals surface area (Å²) >= 11 is 0. The number of rotatable bonds is 3. The third-order valence-electron chi connectivity index (χ3n) is 3.52. The zero-order valence-corrected chi connectivity index (χ0v) is 14.4. The molecule has 0 aliphatic rings. The molecule has 0 saturated carbocycles. The fourth-order valence-electron chi connectivity index (χ4n) is 2.09. The molecule has 3 nitrogen and oxygen atoms in total. The normalized spacial score (nSPS) is 10.5. The molecule has 0 fully saturated rings. The number of hydrogen-bond acceptors (Lipinski definition) is 2. The van der Waals surface area contributed by atoms with E-state index in [2.05, 4.69) is 50.1 Å². The van der Waals surface area contributed by atoms with Crippen LogP contribution < -0.4 is 5.32 Å². The van der Waals surface area contributed by atoms with Gasteiger partial charge in [-0.1, -0.05) is 75.1 Å². The molecule has 24 heavy (non-hydrogen) atoms. The molecule has 1 amide bonds. The number of amides is 1. The van der Waals surface area contributed by atoms with E-state index in [0.29, 0.717) is 0 Å². The van der Waals surface area contributed by atoms with Crippen LogP contribution in [-0.2, 0) is 16.8 Å². The van der Waals surface area contributed by atoms with E-state index in [9.17, 15) is 4.79 Å². The lowest BCUT2D eigenvalue weighted by Gasteiger charge is -2.18. The van der Waals surface area contributed by atoms with Gasteiger partial charge in [0.15, 0.2) is 0 Å². The molecule has 2 aromatic carbocycles. The molecule has 0 unspecified atom stereocenters. The Balaban J connectivity index is 1.76. The molecule has 0 radical (unpaired) electrons. The summed E-state index contributed by atoms with van der Waals surface area (Å²) in [6, 6.07) is 17.7. The number of nitrogens with one attached hydrogen (secondary N) is 1. The van der Waals surface area contributed by atoms with E-state index >= 15 is 0 Å². The molecule has 0 aromatic heterocycles. The summed E-state index contributed by atoms with van der Waals surface area (Å²) < 4.78 is 5.12. The molecule has 0 saturated heterocycles. The van der Waals surface area contributed by atoms with Crippen molar-refractivity contribution in [3.8, 4) is 11.8 Å². The van der Waals surface area contributed by atoms with Gasteiger partial charge in [0.25, 0.3) is 0 Å². The highest BCUT2D eigenvalue weighted by molar-refractivity contribution is 5.67. The van der Waals surface area contributed by atoms with E-state index in [1.165, 1.54) is 5.56 Å².